The zero-order valence-electron chi connectivity index (χ0n) is 9.06. The van der Waals surface area contributed by atoms with Gasteiger partial charge in [-0.05, 0) is 6.92 Å². The summed E-state index contributed by atoms with van der Waals surface area (Å²) in [6.07, 6.45) is 0. The summed E-state index contributed by atoms with van der Waals surface area (Å²) in [5, 5.41) is 3.64. The van der Waals surface area contributed by atoms with Crippen LogP contribution in [0, 0.1) is 6.92 Å². The highest BCUT2D eigenvalue weighted by Gasteiger charge is 2.13. The number of esters is 1. The molecule has 0 aliphatic heterocycles. The summed E-state index contributed by atoms with van der Waals surface area (Å²) in [5.74, 6) is 0.0579. The van der Waals surface area contributed by atoms with Gasteiger partial charge in [0.1, 0.15) is 0 Å². The van der Waals surface area contributed by atoms with E-state index in [0.29, 0.717) is 5.76 Å². The molecule has 0 saturated carbocycles. The van der Waals surface area contributed by atoms with E-state index >= 15 is 0 Å². The number of ether oxygens (including phenoxy) is 1. The summed E-state index contributed by atoms with van der Waals surface area (Å²) in [7, 11) is 1.31. The van der Waals surface area contributed by atoms with Gasteiger partial charge in [-0.2, -0.15) is 0 Å². The zero-order chi connectivity index (χ0) is 11.5. The first-order valence-corrected chi connectivity index (χ1v) is 4.83. The van der Waals surface area contributed by atoms with Crippen molar-refractivity contribution in [1.82, 2.24) is 5.16 Å². The van der Waals surface area contributed by atoms with Crippen LogP contribution in [0.3, 0.4) is 0 Å². The molecule has 0 spiro atoms. The van der Waals surface area contributed by atoms with Crippen LogP contribution in [0.25, 0.3) is 11.3 Å². The molecule has 2 rings (SSSR count). The number of hydrogen-bond acceptors (Lipinski definition) is 4. The van der Waals surface area contributed by atoms with Crippen molar-refractivity contribution in [1.29, 1.82) is 0 Å². The van der Waals surface area contributed by atoms with Gasteiger partial charge >= 0.3 is 5.97 Å². The normalized spacial score (nSPS) is 10.1. The third kappa shape index (κ3) is 1.95. The molecule has 0 atom stereocenters. The molecule has 16 heavy (non-hydrogen) atoms. The van der Waals surface area contributed by atoms with E-state index in [0.717, 1.165) is 11.1 Å². The molecule has 2 aromatic rings. The molecule has 1 aromatic heterocycles. The predicted molar refractivity (Wildman–Crippen MR) is 58.0 cm³/mol. The monoisotopic (exact) mass is 217 g/mol. The number of carbonyl (C=O) groups excluding carboxylic acids is 1. The van der Waals surface area contributed by atoms with E-state index in [-0.39, 0.29) is 5.69 Å². The van der Waals surface area contributed by atoms with Crippen molar-refractivity contribution in [3.63, 3.8) is 0 Å². The largest absolute Gasteiger partial charge is 0.464 e. The second-order valence-electron chi connectivity index (χ2n) is 3.43. The Labute approximate surface area is 92.8 Å². The van der Waals surface area contributed by atoms with Crippen LogP contribution in [-0.2, 0) is 4.74 Å². The number of methoxy groups -OCH3 is 1. The fourth-order valence-corrected chi connectivity index (χ4v) is 1.33. The van der Waals surface area contributed by atoms with Crippen LogP contribution in [0.5, 0.6) is 0 Å². The molecule has 0 bridgehead atoms. The number of aromatic nitrogens is 1. The van der Waals surface area contributed by atoms with E-state index in [2.05, 4.69) is 9.89 Å². The maximum Gasteiger partial charge on any atom is 0.360 e. The quantitative estimate of drug-likeness (QED) is 0.725. The van der Waals surface area contributed by atoms with Crippen molar-refractivity contribution >= 4 is 5.97 Å². The summed E-state index contributed by atoms with van der Waals surface area (Å²) in [6, 6.07) is 9.33. The lowest BCUT2D eigenvalue weighted by Gasteiger charge is -1.95. The zero-order valence-corrected chi connectivity index (χ0v) is 9.06. The molecule has 0 aliphatic rings. The molecule has 0 amide bonds. The van der Waals surface area contributed by atoms with Crippen molar-refractivity contribution in [2.45, 2.75) is 6.92 Å². The Bertz CT molecular complexity index is 499. The third-order valence-corrected chi connectivity index (χ3v) is 2.24. The van der Waals surface area contributed by atoms with Gasteiger partial charge in [-0.1, -0.05) is 35.0 Å². The standard InChI is InChI=1S/C12H11NO3/c1-8-3-5-9(6-4-8)11-7-10(13-16-11)12(14)15-2/h3-7H,1-2H3. The lowest BCUT2D eigenvalue weighted by atomic mass is 10.1. The van der Waals surface area contributed by atoms with Crippen LogP contribution in [0.15, 0.2) is 34.9 Å². The maximum atomic E-state index is 11.2. The van der Waals surface area contributed by atoms with Crippen LogP contribution in [-0.4, -0.2) is 18.2 Å². The molecule has 0 radical (unpaired) electrons. The van der Waals surface area contributed by atoms with E-state index in [4.69, 9.17) is 4.52 Å². The van der Waals surface area contributed by atoms with Gasteiger partial charge in [0, 0.05) is 11.6 Å². The number of benzene rings is 1. The summed E-state index contributed by atoms with van der Waals surface area (Å²) >= 11 is 0. The Morgan fingerprint density at radius 2 is 2.00 bits per heavy atom. The van der Waals surface area contributed by atoms with Crippen LogP contribution in [0.2, 0.25) is 0 Å². The summed E-state index contributed by atoms with van der Waals surface area (Å²) in [5.41, 5.74) is 2.22. The number of rotatable bonds is 2. The fraction of sp³-hybridized carbons (Fsp3) is 0.167. The molecule has 0 saturated heterocycles. The van der Waals surface area contributed by atoms with Crippen molar-refractivity contribution in [3.8, 4) is 11.3 Å². The number of nitrogens with zero attached hydrogens (tertiary/aromatic N) is 1. The van der Waals surface area contributed by atoms with E-state index in [1.165, 1.54) is 7.11 Å². The second-order valence-corrected chi connectivity index (χ2v) is 3.43. The van der Waals surface area contributed by atoms with Crippen LogP contribution < -0.4 is 0 Å². The molecule has 82 valence electrons. The topological polar surface area (TPSA) is 52.3 Å². The number of aryl methyl sites for hydroxylation is 1. The van der Waals surface area contributed by atoms with Gasteiger partial charge in [0.05, 0.1) is 7.11 Å². The van der Waals surface area contributed by atoms with Gasteiger partial charge in [0.15, 0.2) is 11.5 Å². The third-order valence-electron chi connectivity index (χ3n) is 2.24. The van der Waals surface area contributed by atoms with Gasteiger partial charge in [0.2, 0.25) is 0 Å². The lowest BCUT2D eigenvalue weighted by Crippen LogP contribution is -2.00. The Kier molecular flexibility index (Phi) is 2.72. The minimum absolute atomic E-state index is 0.179. The van der Waals surface area contributed by atoms with Crippen LogP contribution >= 0.6 is 0 Å². The first kappa shape index (κ1) is 10.4. The van der Waals surface area contributed by atoms with Gasteiger partial charge in [0.25, 0.3) is 0 Å². The molecule has 4 nitrogen and oxygen atoms in total. The SMILES string of the molecule is COC(=O)c1cc(-c2ccc(C)cc2)on1. The van der Waals surface area contributed by atoms with Crippen molar-refractivity contribution in [2.24, 2.45) is 0 Å². The highest BCUT2D eigenvalue weighted by atomic mass is 16.5. The predicted octanol–water partition coefficient (Wildman–Crippen LogP) is 2.44. The Hall–Kier alpha value is -2.10. The first-order valence-electron chi connectivity index (χ1n) is 4.83. The molecule has 0 fully saturated rings. The summed E-state index contributed by atoms with van der Waals surface area (Å²) in [6.45, 7) is 2.00. The lowest BCUT2D eigenvalue weighted by molar-refractivity contribution is 0.0589. The van der Waals surface area contributed by atoms with Crippen molar-refractivity contribution in [2.75, 3.05) is 7.11 Å². The number of carbonyl (C=O) groups is 1. The molecule has 0 N–H and O–H groups in total. The smallest absolute Gasteiger partial charge is 0.360 e. The van der Waals surface area contributed by atoms with Gasteiger partial charge in [-0.25, -0.2) is 4.79 Å². The fourth-order valence-electron chi connectivity index (χ4n) is 1.33. The van der Waals surface area contributed by atoms with E-state index in [1.807, 2.05) is 31.2 Å². The van der Waals surface area contributed by atoms with Crippen LogP contribution in [0.4, 0.5) is 0 Å². The molecule has 1 aromatic carbocycles. The van der Waals surface area contributed by atoms with Gasteiger partial charge < -0.3 is 9.26 Å². The average Bonchev–Trinajstić information content (AvgIpc) is 2.78. The van der Waals surface area contributed by atoms with Gasteiger partial charge in [-0.15, -0.1) is 0 Å². The second kappa shape index (κ2) is 4.18. The van der Waals surface area contributed by atoms with E-state index < -0.39 is 5.97 Å². The molecular weight excluding hydrogens is 206 g/mol. The Morgan fingerprint density at radius 3 is 2.62 bits per heavy atom. The van der Waals surface area contributed by atoms with Crippen LogP contribution in [0.1, 0.15) is 16.1 Å². The number of hydrogen-bond donors (Lipinski definition) is 0. The average molecular weight is 217 g/mol. The summed E-state index contributed by atoms with van der Waals surface area (Å²) in [4.78, 5) is 11.2. The summed E-state index contributed by atoms with van der Waals surface area (Å²) < 4.78 is 9.61. The molecule has 0 aliphatic carbocycles. The molecule has 0 unspecified atom stereocenters. The van der Waals surface area contributed by atoms with Gasteiger partial charge in [-0.3, -0.25) is 0 Å². The Balaban J connectivity index is 2.31. The van der Waals surface area contributed by atoms with E-state index in [1.54, 1.807) is 6.07 Å². The minimum atomic E-state index is -0.498. The van der Waals surface area contributed by atoms with Crippen molar-refractivity contribution in [3.05, 3.63) is 41.6 Å². The van der Waals surface area contributed by atoms with E-state index in [9.17, 15) is 4.79 Å². The highest BCUT2D eigenvalue weighted by molar-refractivity contribution is 5.88. The first-order chi connectivity index (χ1) is 7.70. The maximum absolute atomic E-state index is 11.2. The van der Waals surface area contributed by atoms with Crippen molar-refractivity contribution < 1.29 is 14.1 Å². The molecule has 4 heteroatoms. The highest BCUT2D eigenvalue weighted by Crippen LogP contribution is 2.20. The Morgan fingerprint density at radius 1 is 1.31 bits per heavy atom. The molecular formula is C12H11NO3. The minimum Gasteiger partial charge on any atom is -0.464 e. The molecule has 1 heterocycles.